The molecule has 6 nitrogen and oxygen atoms in total. The molecule has 6 heteroatoms. The summed E-state index contributed by atoms with van der Waals surface area (Å²) in [6, 6.07) is 11.5. The Morgan fingerprint density at radius 3 is 2.69 bits per heavy atom. The number of hydrogen-bond donors (Lipinski definition) is 0. The van der Waals surface area contributed by atoms with Gasteiger partial charge in [-0.15, -0.1) is 0 Å². The van der Waals surface area contributed by atoms with Crippen LogP contribution in [0, 0.1) is 6.92 Å². The molecule has 0 spiro atoms. The first-order valence-corrected chi connectivity index (χ1v) is 8.88. The van der Waals surface area contributed by atoms with Crippen molar-refractivity contribution in [2.24, 2.45) is 0 Å². The molecule has 1 fully saturated rings. The zero-order chi connectivity index (χ0) is 18.4. The summed E-state index contributed by atoms with van der Waals surface area (Å²) in [4.78, 5) is 21.1. The van der Waals surface area contributed by atoms with E-state index in [1.807, 2.05) is 37.3 Å². The highest BCUT2D eigenvalue weighted by molar-refractivity contribution is 5.98. The molecule has 0 aliphatic carbocycles. The number of carbonyl (C=O) groups is 1. The van der Waals surface area contributed by atoms with Gasteiger partial charge in [0.2, 0.25) is 0 Å². The zero-order valence-electron chi connectivity index (χ0n) is 15.4. The first-order chi connectivity index (χ1) is 12.6. The van der Waals surface area contributed by atoms with Crippen LogP contribution in [0.4, 0.5) is 5.82 Å². The number of pyridine rings is 1. The van der Waals surface area contributed by atoms with Gasteiger partial charge >= 0.3 is 0 Å². The fourth-order valence-electron chi connectivity index (χ4n) is 2.83. The molecule has 2 heterocycles. The van der Waals surface area contributed by atoms with Gasteiger partial charge in [-0.2, -0.15) is 0 Å². The van der Waals surface area contributed by atoms with Crippen LogP contribution in [0.1, 0.15) is 15.9 Å². The van der Waals surface area contributed by atoms with Gasteiger partial charge in [-0.25, -0.2) is 4.98 Å². The van der Waals surface area contributed by atoms with E-state index in [2.05, 4.69) is 9.88 Å². The van der Waals surface area contributed by atoms with Crippen LogP contribution in [0.25, 0.3) is 0 Å². The molecule has 0 atom stereocenters. The lowest BCUT2D eigenvalue weighted by molar-refractivity contribution is 0.0772. The van der Waals surface area contributed by atoms with Crippen LogP contribution < -0.4 is 9.64 Å². The van der Waals surface area contributed by atoms with Crippen molar-refractivity contribution in [3.05, 3.63) is 53.7 Å². The smallest absolute Gasteiger partial charge is 0.257 e. The maximum Gasteiger partial charge on any atom is 0.257 e. The monoisotopic (exact) mass is 355 g/mol. The largest absolute Gasteiger partial charge is 0.492 e. The van der Waals surface area contributed by atoms with Gasteiger partial charge in [0.05, 0.1) is 25.3 Å². The van der Waals surface area contributed by atoms with Crippen molar-refractivity contribution in [3.8, 4) is 5.75 Å². The van der Waals surface area contributed by atoms with Gasteiger partial charge in [-0.05, 0) is 31.2 Å². The van der Waals surface area contributed by atoms with Crippen LogP contribution in [0.3, 0.4) is 0 Å². The summed E-state index contributed by atoms with van der Waals surface area (Å²) in [7, 11) is 1.79. The van der Waals surface area contributed by atoms with Crippen molar-refractivity contribution < 1.29 is 14.3 Å². The average Bonchev–Trinajstić information content (AvgIpc) is 2.69. The van der Waals surface area contributed by atoms with Crippen LogP contribution in [-0.4, -0.2) is 62.3 Å². The van der Waals surface area contributed by atoms with E-state index in [4.69, 9.17) is 9.47 Å². The van der Waals surface area contributed by atoms with Crippen LogP contribution >= 0.6 is 0 Å². The number of rotatable bonds is 6. The zero-order valence-corrected chi connectivity index (χ0v) is 15.4. The number of carbonyl (C=O) groups excluding carboxylic acids is 1. The number of nitrogens with zero attached hydrogens (tertiary/aromatic N) is 3. The topological polar surface area (TPSA) is 54.9 Å². The van der Waals surface area contributed by atoms with Gasteiger partial charge in [-0.1, -0.05) is 17.7 Å². The molecule has 1 aliphatic heterocycles. The van der Waals surface area contributed by atoms with Crippen molar-refractivity contribution in [1.29, 1.82) is 0 Å². The predicted octanol–water partition coefficient (Wildman–Crippen LogP) is 2.38. The standard InChI is InChI=1S/C20H25N3O3/c1-16-5-7-17(8-6-16)26-15-10-22(2)20(24)18-4-3-9-21-19(18)23-11-13-25-14-12-23/h3-9H,10-15H2,1-2H3. The number of likely N-dealkylation sites (N-methyl/N-ethyl adjacent to an activating group) is 1. The Morgan fingerprint density at radius 2 is 1.96 bits per heavy atom. The third-order valence-corrected chi connectivity index (χ3v) is 4.39. The van der Waals surface area contributed by atoms with E-state index in [1.165, 1.54) is 5.56 Å². The minimum Gasteiger partial charge on any atom is -0.492 e. The fourth-order valence-corrected chi connectivity index (χ4v) is 2.83. The molecule has 0 N–H and O–H groups in total. The van der Waals surface area contributed by atoms with Gasteiger partial charge in [0.1, 0.15) is 18.2 Å². The minimum atomic E-state index is -0.0490. The highest BCUT2D eigenvalue weighted by atomic mass is 16.5. The third-order valence-electron chi connectivity index (χ3n) is 4.39. The molecule has 0 bridgehead atoms. The van der Waals surface area contributed by atoms with Gasteiger partial charge in [-0.3, -0.25) is 4.79 Å². The van der Waals surface area contributed by atoms with E-state index >= 15 is 0 Å². The Balaban J connectivity index is 1.60. The summed E-state index contributed by atoms with van der Waals surface area (Å²) in [6.07, 6.45) is 1.72. The first kappa shape index (κ1) is 18.2. The second kappa shape index (κ2) is 8.67. The van der Waals surface area contributed by atoms with Crippen LogP contribution in [0.5, 0.6) is 5.75 Å². The van der Waals surface area contributed by atoms with Crippen LogP contribution in [-0.2, 0) is 4.74 Å². The van der Waals surface area contributed by atoms with Crippen LogP contribution in [0.15, 0.2) is 42.6 Å². The average molecular weight is 355 g/mol. The number of benzene rings is 1. The minimum absolute atomic E-state index is 0.0490. The van der Waals surface area contributed by atoms with Crippen LogP contribution in [0.2, 0.25) is 0 Å². The molecule has 0 radical (unpaired) electrons. The second-order valence-corrected chi connectivity index (χ2v) is 6.36. The molecule has 2 aromatic rings. The summed E-state index contributed by atoms with van der Waals surface area (Å²) in [6.45, 7) is 5.79. The van der Waals surface area contributed by atoms with Crippen molar-refractivity contribution >= 4 is 11.7 Å². The van der Waals surface area contributed by atoms with E-state index in [9.17, 15) is 4.79 Å². The maximum atomic E-state index is 12.9. The fraction of sp³-hybridized carbons (Fsp3) is 0.400. The lowest BCUT2D eigenvalue weighted by atomic mass is 10.2. The number of morpholine rings is 1. The second-order valence-electron chi connectivity index (χ2n) is 6.36. The number of ether oxygens (including phenoxy) is 2. The Bertz CT molecular complexity index is 727. The third kappa shape index (κ3) is 4.52. The van der Waals surface area contributed by atoms with Crippen molar-refractivity contribution in [3.63, 3.8) is 0 Å². The molecular formula is C20H25N3O3. The van der Waals surface area contributed by atoms with Gasteiger partial charge in [0, 0.05) is 26.3 Å². The molecule has 1 aromatic heterocycles. The molecule has 1 saturated heterocycles. The molecule has 3 rings (SSSR count). The molecule has 1 aliphatic rings. The molecule has 1 amide bonds. The Labute approximate surface area is 154 Å². The molecule has 26 heavy (non-hydrogen) atoms. The van der Waals surface area contributed by atoms with Gasteiger partial charge in [0.15, 0.2) is 0 Å². The number of anilines is 1. The molecule has 138 valence electrons. The SMILES string of the molecule is Cc1ccc(OCCN(C)C(=O)c2cccnc2N2CCOCC2)cc1. The number of amides is 1. The lowest BCUT2D eigenvalue weighted by Gasteiger charge is -2.29. The number of aromatic nitrogens is 1. The van der Waals surface area contributed by atoms with E-state index < -0.39 is 0 Å². The highest BCUT2D eigenvalue weighted by Crippen LogP contribution is 2.20. The maximum absolute atomic E-state index is 12.9. The lowest BCUT2D eigenvalue weighted by Crippen LogP contribution is -2.39. The molecular weight excluding hydrogens is 330 g/mol. The van der Waals surface area contributed by atoms with Gasteiger partial charge < -0.3 is 19.3 Å². The molecule has 1 aromatic carbocycles. The highest BCUT2D eigenvalue weighted by Gasteiger charge is 2.22. The van der Waals surface area contributed by atoms with Gasteiger partial charge in [0.25, 0.3) is 5.91 Å². The predicted molar refractivity (Wildman–Crippen MR) is 101 cm³/mol. The summed E-state index contributed by atoms with van der Waals surface area (Å²) in [5, 5.41) is 0. The normalized spacial score (nSPS) is 14.2. The molecule has 0 saturated carbocycles. The first-order valence-electron chi connectivity index (χ1n) is 8.88. The summed E-state index contributed by atoms with van der Waals surface area (Å²) >= 11 is 0. The Hall–Kier alpha value is -2.60. The van der Waals surface area contributed by atoms with E-state index in [-0.39, 0.29) is 5.91 Å². The van der Waals surface area contributed by atoms with E-state index in [1.54, 1.807) is 24.2 Å². The summed E-state index contributed by atoms with van der Waals surface area (Å²) in [5.74, 6) is 1.49. The Morgan fingerprint density at radius 1 is 1.23 bits per heavy atom. The molecule has 0 unspecified atom stereocenters. The number of aryl methyl sites for hydroxylation is 1. The van der Waals surface area contributed by atoms with E-state index in [0.717, 1.165) is 24.7 Å². The Kier molecular flexibility index (Phi) is 6.07. The summed E-state index contributed by atoms with van der Waals surface area (Å²) in [5.41, 5.74) is 1.81. The van der Waals surface area contributed by atoms with Crippen molar-refractivity contribution in [2.45, 2.75) is 6.92 Å². The summed E-state index contributed by atoms with van der Waals surface area (Å²) < 4.78 is 11.1. The quantitative estimate of drug-likeness (QED) is 0.796. The van der Waals surface area contributed by atoms with E-state index in [0.29, 0.717) is 31.9 Å². The number of hydrogen-bond acceptors (Lipinski definition) is 5. The van der Waals surface area contributed by atoms with Crippen molar-refractivity contribution in [2.75, 3.05) is 51.4 Å². The van der Waals surface area contributed by atoms with Crippen molar-refractivity contribution in [1.82, 2.24) is 9.88 Å².